The molecule has 0 aliphatic carbocycles. The number of hydrogen-bond acceptors (Lipinski definition) is 7. The smallest absolute Gasteiger partial charge is 0.231 e. The summed E-state index contributed by atoms with van der Waals surface area (Å²) in [5.41, 5.74) is 5.81. The van der Waals surface area contributed by atoms with E-state index in [1.165, 1.54) is 24.1 Å². The number of thiophene rings is 1. The van der Waals surface area contributed by atoms with E-state index in [0.717, 1.165) is 17.6 Å². The van der Waals surface area contributed by atoms with Crippen molar-refractivity contribution in [1.29, 1.82) is 0 Å². The fourth-order valence-electron chi connectivity index (χ4n) is 2.31. The van der Waals surface area contributed by atoms with Gasteiger partial charge in [0.2, 0.25) is 17.8 Å². The molecule has 0 radical (unpaired) electrons. The minimum atomic E-state index is 0.264. The summed E-state index contributed by atoms with van der Waals surface area (Å²) in [4.78, 5) is 16.3. The van der Waals surface area contributed by atoms with Gasteiger partial charge in [-0.15, -0.1) is 11.3 Å². The van der Waals surface area contributed by atoms with Crippen LogP contribution in [0.1, 0.15) is 24.1 Å². The second-order valence-electron chi connectivity index (χ2n) is 4.95. The molecule has 0 unspecified atom stereocenters. The number of aromatic nitrogens is 3. The number of nitrogens with one attached hydrogen (secondary N) is 1. The lowest BCUT2D eigenvalue weighted by molar-refractivity contribution is 0.568. The molecule has 1 saturated heterocycles. The molecule has 3 N–H and O–H groups in total. The molecular formula is C13H17BrN6S. The van der Waals surface area contributed by atoms with Gasteiger partial charge >= 0.3 is 0 Å². The molecule has 1 aliphatic heterocycles. The normalized spacial score (nSPS) is 15.2. The average molecular weight is 369 g/mol. The third-order valence-electron chi connectivity index (χ3n) is 3.32. The highest BCUT2D eigenvalue weighted by Crippen LogP contribution is 2.21. The zero-order valence-electron chi connectivity index (χ0n) is 11.5. The molecule has 1 fully saturated rings. The van der Waals surface area contributed by atoms with E-state index in [-0.39, 0.29) is 5.95 Å². The SMILES string of the molecule is Nc1nc(NCc2cc(Br)cs2)nc(N2CCCCC2)n1. The first-order valence-corrected chi connectivity index (χ1v) is 8.61. The third-order valence-corrected chi connectivity index (χ3v) is 5.02. The maximum absolute atomic E-state index is 5.81. The van der Waals surface area contributed by atoms with Gasteiger partial charge in [-0.1, -0.05) is 0 Å². The summed E-state index contributed by atoms with van der Waals surface area (Å²) >= 11 is 5.13. The van der Waals surface area contributed by atoms with Gasteiger partial charge < -0.3 is 16.0 Å². The molecule has 0 atom stereocenters. The van der Waals surface area contributed by atoms with Crippen LogP contribution in [0.15, 0.2) is 15.9 Å². The molecule has 6 nitrogen and oxygen atoms in total. The first-order valence-electron chi connectivity index (χ1n) is 6.94. The van der Waals surface area contributed by atoms with Crippen LogP contribution >= 0.6 is 27.3 Å². The summed E-state index contributed by atoms with van der Waals surface area (Å²) in [6, 6.07) is 2.08. The molecule has 0 spiro atoms. The molecule has 3 rings (SSSR count). The molecule has 0 aromatic carbocycles. The zero-order valence-corrected chi connectivity index (χ0v) is 14.0. The highest BCUT2D eigenvalue weighted by Gasteiger charge is 2.15. The van der Waals surface area contributed by atoms with Gasteiger partial charge in [0, 0.05) is 27.8 Å². The Morgan fingerprint density at radius 2 is 2.05 bits per heavy atom. The molecule has 0 saturated carbocycles. The van der Waals surface area contributed by atoms with Gasteiger partial charge in [-0.05, 0) is 41.3 Å². The van der Waals surface area contributed by atoms with Crippen LogP contribution in [0.25, 0.3) is 0 Å². The number of anilines is 3. The van der Waals surface area contributed by atoms with Crippen LogP contribution in [-0.2, 0) is 6.54 Å². The summed E-state index contributed by atoms with van der Waals surface area (Å²) in [7, 11) is 0. The molecule has 1 aliphatic rings. The van der Waals surface area contributed by atoms with Crippen molar-refractivity contribution in [3.63, 3.8) is 0 Å². The topological polar surface area (TPSA) is 80.0 Å². The van der Waals surface area contributed by atoms with E-state index in [0.29, 0.717) is 18.4 Å². The minimum absolute atomic E-state index is 0.264. The Kier molecular flexibility index (Phi) is 4.54. The van der Waals surface area contributed by atoms with Crippen LogP contribution < -0.4 is 16.0 Å². The van der Waals surface area contributed by atoms with Crippen LogP contribution in [0, 0.1) is 0 Å². The van der Waals surface area contributed by atoms with E-state index < -0.39 is 0 Å². The Morgan fingerprint density at radius 3 is 2.76 bits per heavy atom. The van der Waals surface area contributed by atoms with Gasteiger partial charge in [-0.3, -0.25) is 0 Å². The van der Waals surface area contributed by atoms with Crippen LogP contribution in [0.4, 0.5) is 17.8 Å². The fraction of sp³-hybridized carbons (Fsp3) is 0.462. The van der Waals surface area contributed by atoms with Crippen LogP contribution in [0.2, 0.25) is 0 Å². The monoisotopic (exact) mass is 368 g/mol. The first kappa shape index (κ1) is 14.5. The molecule has 0 amide bonds. The van der Waals surface area contributed by atoms with Crippen molar-refractivity contribution in [2.45, 2.75) is 25.8 Å². The summed E-state index contributed by atoms with van der Waals surface area (Å²) in [5.74, 6) is 1.48. The van der Waals surface area contributed by atoms with Crippen LogP contribution in [-0.4, -0.2) is 28.0 Å². The number of nitrogen functional groups attached to an aromatic ring is 1. The van der Waals surface area contributed by atoms with Gasteiger partial charge in [0.15, 0.2) is 0 Å². The lowest BCUT2D eigenvalue weighted by Gasteiger charge is -2.26. The van der Waals surface area contributed by atoms with Crippen molar-refractivity contribution in [3.05, 3.63) is 20.8 Å². The molecule has 0 bridgehead atoms. The molecule has 2 aromatic rings. The van der Waals surface area contributed by atoms with Crippen molar-refractivity contribution in [1.82, 2.24) is 15.0 Å². The molecule has 21 heavy (non-hydrogen) atoms. The van der Waals surface area contributed by atoms with Crippen molar-refractivity contribution in [2.24, 2.45) is 0 Å². The Morgan fingerprint density at radius 1 is 1.24 bits per heavy atom. The van der Waals surface area contributed by atoms with Crippen LogP contribution in [0.5, 0.6) is 0 Å². The predicted octanol–water partition coefficient (Wildman–Crippen LogP) is 2.88. The number of piperidine rings is 1. The average Bonchev–Trinajstić information content (AvgIpc) is 2.91. The van der Waals surface area contributed by atoms with E-state index in [9.17, 15) is 0 Å². The van der Waals surface area contributed by atoms with E-state index in [1.54, 1.807) is 11.3 Å². The predicted molar refractivity (Wildman–Crippen MR) is 89.6 cm³/mol. The Balaban J connectivity index is 1.71. The Hall–Kier alpha value is -1.41. The van der Waals surface area contributed by atoms with Gasteiger partial charge in [-0.2, -0.15) is 15.0 Å². The Bertz CT molecular complexity index is 610. The third kappa shape index (κ3) is 3.82. The van der Waals surface area contributed by atoms with Gasteiger partial charge in [-0.25, -0.2) is 0 Å². The number of nitrogens with two attached hydrogens (primary N) is 1. The van der Waals surface area contributed by atoms with Crippen molar-refractivity contribution < 1.29 is 0 Å². The number of nitrogens with zero attached hydrogens (tertiary/aromatic N) is 4. The molecule has 8 heteroatoms. The summed E-state index contributed by atoms with van der Waals surface area (Å²) in [5, 5.41) is 5.27. The highest BCUT2D eigenvalue weighted by atomic mass is 79.9. The maximum atomic E-state index is 5.81. The standard InChI is InChI=1S/C13H17BrN6S/c14-9-6-10(21-8-9)7-16-12-17-11(15)18-13(19-12)20-4-2-1-3-5-20/h6,8H,1-5,7H2,(H3,15,16,17,18,19). The summed E-state index contributed by atoms with van der Waals surface area (Å²) < 4.78 is 1.09. The number of halogens is 1. The highest BCUT2D eigenvalue weighted by molar-refractivity contribution is 9.10. The Labute approximate surface area is 135 Å². The minimum Gasteiger partial charge on any atom is -0.368 e. The fourth-order valence-corrected chi connectivity index (χ4v) is 3.70. The first-order chi connectivity index (χ1) is 10.2. The largest absolute Gasteiger partial charge is 0.368 e. The van der Waals surface area contributed by atoms with E-state index in [4.69, 9.17) is 5.73 Å². The van der Waals surface area contributed by atoms with E-state index in [2.05, 4.69) is 52.5 Å². The molecule has 3 heterocycles. The lowest BCUT2D eigenvalue weighted by Crippen LogP contribution is -2.31. The van der Waals surface area contributed by atoms with E-state index >= 15 is 0 Å². The maximum Gasteiger partial charge on any atom is 0.231 e. The van der Waals surface area contributed by atoms with Crippen molar-refractivity contribution in [2.75, 3.05) is 29.0 Å². The van der Waals surface area contributed by atoms with E-state index in [1.807, 2.05) is 0 Å². The number of rotatable bonds is 4. The van der Waals surface area contributed by atoms with Crippen LogP contribution in [0.3, 0.4) is 0 Å². The van der Waals surface area contributed by atoms with Gasteiger partial charge in [0.05, 0.1) is 6.54 Å². The van der Waals surface area contributed by atoms with Crippen molar-refractivity contribution in [3.8, 4) is 0 Å². The lowest BCUT2D eigenvalue weighted by atomic mass is 10.1. The second-order valence-corrected chi connectivity index (χ2v) is 6.86. The zero-order chi connectivity index (χ0) is 14.7. The number of hydrogen-bond donors (Lipinski definition) is 2. The molecule has 112 valence electrons. The quantitative estimate of drug-likeness (QED) is 0.863. The summed E-state index contributed by atoms with van der Waals surface area (Å²) in [6.07, 6.45) is 3.63. The van der Waals surface area contributed by atoms with Gasteiger partial charge in [0.25, 0.3) is 0 Å². The van der Waals surface area contributed by atoms with Crippen molar-refractivity contribution >= 4 is 45.1 Å². The molecular weight excluding hydrogens is 352 g/mol. The molecule has 2 aromatic heterocycles. The van der Waals surface area contributed by atoms with Gasteiger partial charge in [0.1, 0.15) is 0 Å². The second kappa shape index (κ2) is 6.57. The summed E-state index contributed by atoms with van der Waals surface area (Å²) in [6.45, 7) is 2.65.